The van der Waals surface area contributed by atoms with E-state index in [-0.39, 0.29) is 23.9 Å². The van der Waals surface area contributed by atoms with Crippen LogP contribution in [0.3, 0.4) is 0 Å². The first-order valence-electron chi connectivity index (χ1n) is 8.73. The Kier molecular flexibility index (Phi) is 5.56. The van der Waals surface area contributed by atoms with Crippen LogP contribution in [0.15, 0.2) is 42.5 Å². The first-order valence-corrected chi connectivity index (χ1v) is 8.73. The highest BCUT2D eigenvalue weighted by atomic mass is 16.6. The number of amides is 1. The van der Waals surface area contributed by atoms with Gasteiger partial charge in [0.2, 0.25) is 5.91 Å². The standard InChI is InChI=1S/C19H22N4O4/c1-14-2-3-16(23(26)27)12-18(14)20-19(25)13-21-8-10-22(11-9-21)15-4-6-17(24)7-5-15/h2-7,12,24H,8-11,13H2,1H3,(H,20,25). The topological polar surface area (TPSA) is 99.0 Å². The summed E-state index contributed by atoms with van der Waals surface area (Å²) in [5.74, 6) is 0.0576. The fourth-order valence-electron chi connectivity index (χ4n) is 3.08. The molecule has 27 heavy (non-hydrogen) atoms. The Labute approximate surface area is 157 Å². The van der Waals surface area contributed by atoms with Crippen LogP contribution < -0.4 is 10.2 Å². The number of phenols is 1. The van der Waals surface area contributed by atoms with Gasteiger partial charge < -0.3 is 15.3 Å². The predicted molar refractivity (Wildman–Crippen MR) is 103 cm³/mol. The van der Waals surface area contributed by atoms with Gasteiger partial charge in [-0.1, -0.05) is 6.07 Å². The molecule has 2 N–H and O–H groups in total. The maximum atomic E-state index is 12.3. The van der Waals surface area contributed by atoms with Crippen LogP contribution in [0.2, 0.25) is 0 Å². The van der Waals surface area contributed by atoms with E-state index in [1.54, 1.807) is 25.1 Å². The number of anilines is 2. The minimum absolute atomic E-state index is 0.0431. The van der Waals surface area contributed by atoms with Gasteiger partial charge in [0.1, 0.15) is 5.75 Å². The highest BCUT2D eigenvalue weighted by Gasteiger charge is 2.20. The van der Waals surface area contributed by atoms with Crippen molar-refractivity contribution in [2.75, 3.05) is 42.9 Å². The van der Waals surface area contributed by atoms with E-state index in [0.717, 1.165) is 37.4 Å². The molecule has 1 aliphatic heterocycles. The molecule has 1 saturated heterocycles. The third kappa shape index (κ3) is 4.73. The first-order chi connectivity index (χ1) is 12.9. The van der Waals surface area contributed by atoms with Crippen molar-refractivity contribution in [3.05, 3.63) is 58.1 Å². The number of nitro benzene ring substituents is 1. The number of nitrogens with one attached hydrogen (secondary N) is 1. The van der Waals surface area contributed by atoms with Crippen LogP contribution in [0.25, 0.3) is 0 Å². The van der Waals surface area contributed by atoms with Gasteiger partial charge in [0.05, 0.1) is 17.2 Å². The molecular weight excluding hydrogens is 348 g/mol. The van der Waals surface area contributed by atoms with E-state index in [1.165, 1.54) is 12.1 Å². The average molecular weight is 370 g/mol. The molecule has 0 aliphatic carbocycles. The average Bonchev–Trinajstić information content (AvgIpc) is 2.64. The SMILES string of the molecule is Cc1ccc([N+](=O)[O-])cc1NC(=O)CN1CCN(c2ccc(O)cc2)CC1. The molecule has 2 aromatic carbocycles. The fourth-order valence-corrected chi connectivity index (χ4v) is 3.08. The summed E-state index contributed by atoms with van der Waals surface area (Å²) in [6.07, 6.45) is 0. The number of nitro groups is 1. The number of aromatic hydroxyl groups is 1. The van der Waals surface area contributed by atoms with Crippen LogP contribution in [0, 0.1) is 17.0 Å². The summed E-state index contributed by atoms with van der Waals surface area (Å²) in [5, 5.41) is 23.1. The lowest BCUT2D eigenvalue weighted by Crippen LogP contribution is -2.48. The Bertz CT molecular complexity index is 830. The number of carbonyl (C=O) groups excluding carboxylic acids is 1. The lowest BCUT2D eigenvalue weighted by Gasteiger charge is -2.35. The molecule has 3 rings (SSSR count). The minimum atomic E-state index is -0.475. The highest BCUT2D eigenvalue weighted by Crippen LogP contribution is 2.22. The zero-order valence-corrected chi connectivity index (χ0v) is 15.1. The van der Waals surface area contributed by atoms with Crippen molar-refractivity contribution >= 4 is 23.0 Å². The molecule has 0 radical (unpaired) electrons. The molecule has 0 atom stereocenters. The summed E-state index contributed by atoms with van der Waals surface area (Å²) in [6.45, 7) is 5.09. The van der Waals surface area contributed by atoms with E-state index >= 15 is 0 Å². The number of rotatable bonds is 5. The van der Waals surface area contributed by atoms with Crippen molar-refractivity contribution < 1.29 is 14.8 Å². The van der Waals surface area contributed by atoms with Gasteiger partial charge in [-0.05, 0) is 36.8 Å². The van der Waals surface area contributed by atoms with Gasteiger partial charge in [-0.15, -0.1) is 0 Å². The van der Waals surface area contributed by atoms with E-state index < -0.39 is 4.92 Å². The maximum absolute atomic E-state index is 12.3. The molecule has 0 saturated carbocycles. The normalized spacial score (nSPS) is 14.8. The summed E-state index contributed by atoms with van der Waals surface area (Å²) in [7, 11) is 0. The number of phenolic OH excluding ortho intramolecular Hbond substituents is 1. The van der Waals surface area contributed by atoms with Gasteiger partial charge in [0.15, 0.2) is 0 Å². The van der Waals surface area contributed by atoms with Crippen molar-refractivity contribution in [2.45, 2.75) is 6.92 Å². The lowest BCUT2D eigenvalue weighted by molar-refractivity contribution is -0.384. The lowest BCUT2D eigenvalue weighted by atomic mass is 10.2. The zero-order chi connectivity index (χ0) is 19.4. The molecule has 1 amide bonds. The molecule has 1 aliphatic rings. The number of nitrogens with zero attached hydrogens (tertiary/aromatic N) is 3. The molecule has 2 aromatic rings. The molecule has 8 heteroatoms. The molecule has 0 unspecified atom stereocenters. The first kappa shape index (κ1) is 18.7. The number of piperazine rings is 1. The molecule has 0 bridgehead atoms. The summed E-state index contributed by atoms with van der Waals surface area (Å²) in [6, 6.07) is 11.5. The van der Waals surface area contributed by atoms with Crippen molar-refractivity contribution in [2.24, 2.45) is 0 Å². The third-order valence-corrected chi connectivity index (χ3v) is 4.66. The quantitative estimate of drug-likeness (QED) is 0.619. The number of non-ortho nitro benzene ring substituents is 1. The van der Waals surface area contributed by atoms with Crippen LogP contribution in [0.5, 0.6) is 5.75 Å². The number of aryl methyl sites for hydroxylation is 1. The summed E-state index contributed by atoms with van der Waals surface area (Å²) in [5.41, 5.74) is 2.26. The van der Waals surface area contributed by atoms with Crippen molar-refractivity contribution in [3.8, 4) is 5.75 Å². The van der Waals surface area contributed by atoms with Crippen LogP contribution >= 0.6 is 0 Å². The van der Waals surface area contributed by atoms with Gasteiger partial charge in [0, 0.05) is 44.0 Å². The highest BCUT2D eigenvalue weighted by molar-refractivity contribution is 5.93. The largest absolute Gasteiger partial charge is 0.508 e. The number of benzene rings is 2. The smallest absolute Gasteiger partial charge is 0.271 e. The fraction of sp³-hybridized carbons (Fsp3) is 0.316. The Hall–Kier alpha value is -3.13. The molecule has 8 nitrogen and oxygen atoms in total. The van der Waals surface area contributed by atoms with E-state index in [9.17, 15) is 20.0 Å². The molecule has 0 aromatic heterocycles. The Morgan fingerprint density at radius 3 is 2.44 bits per heavy atom. The second-order valence-corrected chi connectivity index (χ2v) is 6.58. The van der Waals surface area contributed by atoms with Gasteiger partial charge in [0.25, 0.3) is 5.69 Å². The summed E-state index contributed by atoms with van der Waals surface area (Å²) in [4.78, 5) is 27.0. The van der Waals surface area contributed by atoms with Gasteiger partial charge in [-0.2, -0.15) is 0 Å². The van der Waals surface area contributed by atoms with Crippen molar-refractivity contribution in [1.29, 1.82) is 0 Å². The Morgan fingerprint density at radius 2 is 1.81 bits per heavy atom. The number of hydrogen-bond donors (Lipinski definition) is 2. The molecule has 0 spiro atoms. The van der Waals surface area contributed by atoms with E-state index in [4.69, 9.17) is 0 Å². The van der Waals surface area contributed by atoms with Gasteiger partial charge in [-0.25, -0.2) is 0 Å². The van der Waals surface area contributed by atoms with Crippen LogP contribution in [0.4, 0.5) is 17.1 Å². The summed E-state index contributed by atoms with van der Waals surface area (Å²) < 4.78 is 0. The second kappa shape index (κ2) is 8.05. The van der Waals surface area contributed by atoms with Crippen LogP contribution in [-0.4, -0.2) is 53.6 Å². The van der Waals surface area contributed by atoms with Gasteiger partial charge in [-0.3, -0.25) is 19.8 Å². The monoisotopic (exact) mass is 370 g/mol. The van der Waals surface area contributed by atoms with Gasteiger partial charge >= 0.3 is 0 Å². The van der Waals surface area contributed by atoms with E-state index in [2.05, 4.69) is 15.1 Å². The van der Waals surface area contributed by atoms with Crippen molar-refractivity contribution in [1.82, 2.24) is 4.90 Å². The minimum Gasteiger partial charge on any atom is -0.508 e. The number of carbonyl (C=O) groups is 1. The van der Waals surface area contributed by atoms with Crippen molar-refractivity contribution in [3.63, 3.8) is 0 Å². The zero-order valence-electron chi connectivity index (χ0n) is 15.1. The Balaban J connectivity index is 1.53. The Morgan fingerprint density at radius 1 is 1.15 bits per heavy atom. The van der Waals surface area contributed by atoms with E-state index in [0.29, 0.717) is 5.69 Å². The summed E-state index contributed by atoms with van der Waals surface area (Å²) >= 11 is 0. The van der Waals surface area contributed by atoms with E-state index in [1.807, 2.05) is 12.1 Å². The molecule has 1 heterocycles. The second-order valence-electron chi connectivity index (χ2n) is 6.58. The number of hydrogen-bond acceptors (Lipinski definition) is 6. The third-order valence-electron chi connectivity index (χ3n) is 4.66. The maximum Gasteiger partial charge on any atom is 0.271 e. The molecular formula is C19H22N4O4. The molecule has 142 valence electrons. The van der Waals surface area contributed by atoms with Crippen LogP contribution in [-0.2, 0) is 4.79 Å². The predicted octanol–water partition coefficient (Wildman–Crippen LogP) is 2.37. The molecule has 1 fully saturated rings. The van der Waals surface area contributed by atoms with Crippen LogP contribution in [0.1, 0.15) is 5.56 Å².